The quantitative estimate of drug-likeness (QED) is 0.775. The van der Waals surface area contributed by atoms with Gasteiger partial charge in [0.25, 0.3) is 10.0 Å². The molecule has 0 atom stereocenters. The molecule has 1 N–H and O–H groups in total. The van der Waals surface area contributed by atoms with Crippen LogP contribution in [0.1, 0.15) is 31.9 Å². The van der Waals surface area contributed by atoms with E-state index >= 15 is 0 Å². The summed E-state index contributed by atoms with van der Waals surface area (Å²) in [5, 5.41) is 0. The first kappa shape index (κ1) is 22.0. The van der Waals surface area contributed by atoms with Crippen molar-refractivity contribution in [3.63, 3.8) is 0 Å². The van der Waals surface area contributed by atoms with E-state index in [9.17, 15) is 13.2 Å². The zero-order valence-corrected chi connectivity index (χ0v) is 19.0. The molecule has 1 aliphatic rings. The minimum atomic E-state index is -3.91. The van der Waals surface area contributed by atoms with Crippen LogP contribution < -0.4 is 19.1 Å². The lowest BCUT2D eigenvalue weighted by molar-refractivity contribution is -0.127. The molecule has 3 rings (SSSR count). The number of benzene rings is 2. The van der Waals surface area contributed by atoms with Gasteiger partial charge in [0.15, 0.2) is 0 Å². The fraction of sp³-hybridized carbons (Fsp3) is 0.409. The monoisotopic (exact) mass is 432 g/mol. The Bertz CT molecular complexity index is 1090. The number of sulfonamides is 1. The number of nitrogens with one attached hydrogen (secondary N) is 1. The van der Waals surface area contributed by atoms with Gasteiger partial charge in [-0.1, -0.05) is 0 Å². The van der Waals surface area contributed by atoms with Gasteiger partial charge < -0.3 is 14.4 Å². The molecule has 0 saturated heterocycles. The van der Waals surface area contributed by atoms with Crippen LogP contribution in [0.25, 0.3) is 0 Å². The van der Waals surface area contributed by atoms with E-state index in [1.807, 2.05) is 34.6 Å². The smallest absolute Gasteiger partial charge is 0.265 e. The lowest BCUT2D eigenvalue weighted by Gasteiger charge is -2.27. The summed E-state index contributed by atoms with van der Waals surface area (Å²) in [6.07, 6.45) is 0. The van der Waals surface area contributed by atoms with Crippen molar-refractivity contribution < 1.29 is 22.7 Å². The molecule has 8 heteroatoms. The minimum absolute atomic E-state index is 0.0591. The Kier molecular flexibility index (Phi) is 5.73. The summed E-state index contributed by atoms with van der Waals surface area (Å²) in [5.74, 6) is 0.748. The number of carbonyl (C=O) groups is 1. The van der Waals surface area contributed by atoms with Crippen molar-refractivity contribution in [1.82, 2.24) is 0 Å². The average molecular weight is 433 g/mol. The van der Waals surface area contributed by atoms with Crippen LogP contribution in [0.3, 0.4) is 0 Å². The van der Waals surface area contributed by atoms with E-state index in [4.69, 9.17) is 9.47 Å². The Labute approximate surface area is 178 Å². The Morgan fingerprint density at radius 1 is 1.17 bits per heavy atom. The van der Waals surface area contributed by atoms with Gasteiger partial charge in [-0.05, 0) is 76.1 Å². The summed E-state index contributed by atoms with van der Waals surface area (Å²) in [6, 6.07) is 8.23. The van der Waals surface area contributed by atoms with Crippen LogP contribution in [-0.4, -0.2) is 34.6 Å². The molecule has 2 aromatic rings. The third kappa shape index (κ3) is 3.96. The Morgan fingerprint density at radius 2 is 1.83 bits per heavy atom. The molecule has 1 heterocycles. The summed E-state index contributed by atoms with van der Waals surface area (Å²) >= 11 is 0. The van der Waals surface area contributed by atoms with Gasteiger partial charge in [-0.25, -0.2) is 8.42 Å². The summed E-state index contributed by atoms with van der Waals surface area (Å²) in [6.45, 7) is 9.98. The third-order valence-corrected chi connectivity index (χ3v) is 6.70. The first-order chi connectivity index (χ1) is 14.0. The molecule has 162 valence electrons. The van der Waals surface area contributed by atoms with Crippen molar-refractivity contribution in [2.75, 3.05) is 29.9 Å². The third-order valence-electron chi connectivity index (χ3n) is 5.30. The van der Waals surface area contributed by atoms with E-state index in [0.717, 1.165) is 11.1 Å². The number of carbonyl (C=O) groups excluding carboxylic acids is 1. The average Bonchev–Trinajstić information content (AvgIpc) is 2.77. The molecule has 0 radical (unpaired) electrons. The lowest BCUT2D eigenvalue weighted by Crippen LogP contribution is -2.42. The highest BCUT2D eigenvalue weighted by Crippen LogP contribution is 2.39. The SMILES string of the molecule is CCN1C(=O)C(C)(C)COc2ccc(NS(=O)(=O)c3cc(C)c(C)cc3OC)cc21. The highest BCUT2D eigenvalue weighted by molar-refractivity contribution is 7.92. The van der Waals surface area contributed by atoms with E-state index in [1.165, 1.54) is 7.11 Å². The van der Waals surface area contributed by atoms with Crippen molar-refractivity contribution in [2.24, 2.45) is 5.41 Å². The lowest BCUT2D eigenvalue weighted by atomic mass is 9.93. The first-order valence-corrected chi connectivity index (χ1v) is 11.3. The second-order valence-corrected chi connectivity index (χ2v) is 9.75. The van der Waals surface area contributed by atoms with Crippen molar-refractivity contribution in [3.05, 3.63) is 41.5 Å². The zero-order valence-electron chi connectivity index (χ0n) is 18.2. The van der Waals surface area contributed by atoms with Crippen LogP contribution in [0.15, 0.2) is 35.2 Å². The maximum Gasteiger partial charge on any atom is 0.265 e. The molecule has 0 aromatic heterocycles. The summed E-state index contributed by atoms with van der Waals surface area (Å²) < 4.78 is 39.9. The van der Waals surface area contributed by atoms with E-state index in [1.54, 1.807) is 35.2 Å². The molecule has 0 spiro atoms. The Morgan fingerprint density at radius 3 is 2.47 bits per heavy atom. The predicted molar refractivity (Wildman–Crippen MR) is 117 cm³/mol. The summed E-state index contributed by atoms with van der Waals surface area (Å²) in [4.78, 5) is 14.6. The maximum absolute atomic E-state index is 13.1. The number of fused-ring (bicyclic) bond motifs is 1. The van der Waals surface area contributed by atoms with Gasteiger partial charge in [0.05, 0.1) is 23.9 Å². The largest absolute Gasteiger partial charge is 0.495 e. The van der Waals surface area contributed by atoms with Crippen molar-refractivity contribution in [3.8, 4) is 11.5 Å². The van der Waals surface area contributed by atoms with Crippen molar-refractivity contribution >= 4 is 27.3 Å². The fourth-order valence-corrected chi connectivity index (χ4v) is 4.65. The molecule has 7 nitrogen and oxygen atoms in total. The molecule has 30 heavy (non-hydrogen) atoms. The van der Waals surface area contributed by atoms with Gasteiger partial charge in [0.2, 0.25) is 5.91 Å². The molecule has 0 unspecified atom stereocenters. The first-order valence-electron chi connectivity index (χ1n) is 9.77. The predicted octanol–water partition coefficient (Wildman–Crippen LogP) is 3.88. The van der Waals surface area contributed by atoms with Crippen LogP contribution in [0.5, 0.6) is 11.5 Å². The van der Waals surface area contributed by atoms with Crippen LogP contribution in [0, 0.1) is 19.3 Å². The van der Waals surface area contributed by atoms with Gasteiger partial charge in [0, 0.05) is 6.54 Å². The van der Waals surface area contributed by atoms with E-state index < -0.39 is 15.4 Å². The second kappa shape index (κ2) is 7.83. The van der Waals surface area contributed by atoms with E-state index in [2.05, 4.69) is 4.72 Å². The van der Waals surface area contributed by atoms with Crippen LogP contribution in [0.2, 0.25) is 0 Å². The Hall–Kier alpha value is -2.74. The summed E-state index contributed by atoms with van der Waals surface area (Å²) in [5.41, 5.74) is 1.98. The normalized spacial score (nSPS) is 15.8. The van der Waals surface area contributed by atoms with Crippen LogP contribution in [-0.2, 0) is 14.8 Å². The molecule has 0 saturated carbocycles. The summed E-state index contributed by atoms with van der Waals surface area (Å²) in [7, 11) is -2.47. The second-order valence-electron chi connectivity index (χ2n) is 8.10. The van der Waals surface area contributed by atoms with Crippen molar-refractivity contribution in [2.45, 2.75) is 39.5 Å². The topological polar surface area (TPSA) is 84.9 Å². The van der Waals surface area contributed by atoms with Gasteiger partial charge in [-0.2, -0.15) is 0 Å². The Balaban J connectivity index is 2.02. The number of nitrogens with zero attached hydrogens (tertiary/aromatic N) is 1. The standard InChI is InChI=1S/C22H28N2O5S/c1-7-24-17-12-16(8-9-18(17)29-13-22(4,5)21(24)25)23-30(26,27)20-11-15(3)14(2)10-19(20)28-6/h8-12,23H,7,13H2,1-6H3. The van der Waals surface area contributed by atoms with Gasteiger partial charge in [-0.15, -0.1) is 0 Å². The number of aryl methyl sites for hydroxylation is 2. The molecule has 0 bridgehead atoms. The number of methoxy groups -OCH3 is 1. The number of amides is 1. The van der Waals surface area contributed by atoms with Gasteiger partial charge in [-0.3, -0.25) is 9.52 Å². The van der Waals surface area contributed by atoms with Crippen molar-refractivity contribution in [1.29, 1.82) is 0 Å². The minimum Gasteiger partial charge on any atom is -0.495 e. The van der Waals surface area contributed by atoms with E-state index in [-0.39, 0.29) is 23.2 Å². The van der Waals surface area contributed by atoms with Crippen LogP contribution in [0.4, 0.5) is 11.4 Å². The fourth-order valence-electron chi connectivity index (χ4n) is 3.37. The maximum atomic E-state index is 13.1. The molecular formula is C22H28N2O5S. The van der Waals surface area contributed by atoms with Gasteiger partial charge >= 0.3 is 0 Å². The van der Waals surface area contributed by atoms with E-state index in [0.29, 0.717) is 23.7 Å². The van der Waals surface area contributed by atoms with Crippen LogP contribution >= 0.6 is 0 Å². The number of ether oxygens (including phenoxy) is 2. The number of hydrogen-bond donors (Lipinski definition) is 1. The molecule has 0 aliphatic carbocycles. The molecular weight excluding hydrogens is 404 g/mol. The highest BCUT2D eigenvalue weighted by atomic mass is 32.2. The molecule has 0 fully saturated rings. The highest BCUT2D eigenvalue weighted by Gasteiger charge is 2.37. The molecule has 1 amide bonds. The number of anilines is 2. The van der Waals surface area contributed by atoms with Gasteiger partial charge in [0.1, 0.15) is 23.0 Å². The number of hydrogen-bond acceptors (Lipinski definition) is 5. The zero-order chi connectivity index (χ0) is 22.3. The molecule has 2 aromatic carbocycles. The molecule has 1 aliphatic heterocycles. The number of rotatable bonds is 5.